The first kappa shape index (κ1) is 10.8. The number of carboxylic acid groups (broad SMARTS) is 1. The molecule has 0 bridgehead atoms. The Bertz CT molecular complexity index is 827. The highest BCUT2D eigenvalue weighted by Gasteiger charge is 2.14. The number of hydrogen-bond acceptors (Lipinski definition) is 3. The smallest absolute Gasteiger partial charge is 0.337 e. The Hall–Kier alpha value is -2.38. The average molecular weight is 253 g/mol. The van der Waals surface area contributed by atoms with Crippen LogP contribution < -0.4 is 0 Å². The second-order valence-corrected chi connectivity index (χ2v) is 4.82. The molecule has 2 aromatic carbocycles. The van der Waals surface area contributed by atoms with Crippen LogP contribution in [0, 0.1) is 11.3 Å². The summed E-state index contributed by atoms with van der Waals surface area (Å²) < 4.78 is 0.755. The van der Waals surface area contributed by atoms with E-state index in [0.717, 1.165) is 15.5 Å². The quantitative estimate of drug-likeness (QED) is 0.720. The van der Waals surface area contributed by atoms with Crippen molar-refractivity contribution in [1.82, 2.24) is 0 Å². The molecule has 0 amide bonds. The number of benzene rings is 2. The Kier molecular flexibility index (Phi) is 2.29. The number of fused-ring (bicyclic) bond motifs is 3. The number of rotatable bonds is 1. The molecular formula is C14H7NO2S. The lowest BCUT2D eigenvalue weighted by atomic mass is 9.99. The van der Waals surface area contributed by atoms with Gasteiger partial charge in [-0.3, -0.25) is 0 Å². The Balaban J connectivity index is 2.60. The molecule has 0 radical (unpaired) electrons. The number of nitriles is 1. The summed E-state index contributed by atoms with van der Waals surface area (Å²) in [6.07, 6.45) is 0. The number of carboxylic acids is 1. The molecular weight excluding hydrogens is 246 g/mol. The van der Waals surface area contributed by atoms with E-state index in [-0.39, 0.29) is 5.56 Å². The van der Waals surface area contributed by atoms with Crippen LogP contribution in [0.1, 0.15) is 15.9 Å². The van der Waals surface area contributed by atoms with Gasteiger partial charge >= 0.3 is 5.97 Å². The second kappa shape index (κ2) is 3.83. The van der Waals surface area contributed by atoms with E-state index in [1.165, 1.54) is 11.3 Å². The van der Waals surface area contributed by atoms with Crippen molar-refractivity contribution in [3.8, 4) is 6.07 Å². The van der Waals surface area contributed by atoms with Gasteiger partial charge in [0, 0.05) is 15.5 Å². The van der Waals surface area contributed by atoms with E-state index in [1.54, 1.807) is 12.1 Å². The third-order valence-corrected chi connectivity index (χ3v) is 3.89. The van der Waals surface area contributed by atoms with E-state index in [2.05, 4.69) is 6.07 Å². The van der Waals surface area contributed by atoms with E-state index in [4.69, 9.17) is 5.26 Å². The minimum absolute atomic E-state index is 0.259. The molecule has 3 rings (SSSR count). The summed E-state index contributed by atoms with van der Waals surface area (Å²) in [4.78, 5) is 11.3. The molecule has 4 heteroatoms. The Morgan fingerprint density at radius 1 is 1.22 bits per heavy atom. The molecule has 86 valence electrons. The molecule has 1 N–H and O–H groups in total. The van der Waals surface area contributed by atoms with Crippen LogP contribution in [0.2, 0.25) is 0 Å². The molecule has 0 aliphatic rings. The number of hydrogen-bond donors (Lipinski definition) is 1. The topological polar surface area (TPSA) is 61.1 Å². The molecule has 0 saturated carbocycles. The number of aromatic carboxylic acids is 1. The Morgan fingerprint density at radius 2 is 2.06 bits per heavy atom. The SMILES string of the molecule is N#Cc1cccc2c1cc(C(=O)O)c1sccc12. The van der Waals surface area contributed by atoms with E-state index >= 15 is 0 Å². The zero-order valence-corrected chi connectivity index (χ0v) is 9.99. The van der Waals surface area contributed by atoms with Gasteiger partial charge in [-0.25, -0.2) is 4.79 Å². The largest absolute Gasteiger partial charge is 0.478 e. The number of nitrogens with zero attached hydrogens (tertiary/aromatic N) is 1. The van der Waals surface area contributed by atoms with Gasteiger partial charge < -0.3 is 5.11 Å². The maximum Gasteiger partial charge on any atom is 0.337 e. The second-order valence-electron chi connectivity index (χ2n) is 3.91. The molecule has 0 spiro atoms. The summed E-state index contributed by atoms with van der Waals surface area (Å²) in [6.45, 7) is 0. The molecule has 0 fully saturated rings. The van der Waals surface area contributed by atoms with Crippen molar-refractivity contribution in [3.05, 3.63) is 46.8 Å². The van der Waals surface area contributed by atoms with Gasteiger partial charge in [0.1, 0.15) is 0 Å². The lowest BCUT2D eigenvalue weighted by Gasteiger charge is -2.05. The van der Waals surface area contributed by atoms with Gasteiger partial charge in [-0.05, 0) is 29.0 Å². The van der Waals surface area contributed by atoms with Crippen LogP contribution in [-0.4, -0.2) is 11.1 Å². The van der Waals surface area contributed by atoms with Crippen LogP contribution in [0.4, 0.5) is 0 Å². The maximum absolute atomic E-state index is 11.3. The summed E-state index contributed by atoms with van der Waals surface area (Å²) in [6, 6.07) is 11.0. The van der Waals surface area contributed by atoms with Crippen LogP contribution in [-0.2, 0) is 0 Å². The first-order chi connectivity index (χ1) is 8.72. The molecule has 0 atom stereocenters. The highest BCUT2D eigenvalue weighted by atomic mass is 32.1. The van der Waals surface area contributed by atoms with E-state index in [0.29, 0.717) is 10.9 Å². The Labute approximate surface area is 107 Å². The molecule has 0 aliphatic heterocycles. The highest BCUT2D eigenvalue weighted by Crippen LogP contribution is 2.33. The van der Waals surface area contributed by atoms with Crippen LogP contribution in [0.15, 0.2) is 35.7 Å². The fourth-order valence-electron chi connectivity index (χ4n) is 2.15. The molecule has 0 aliphatic carbocycles. The zero-order valence-electron chi connectivity index (χ0n) is 9.18. The van der Waals surface area contributed by atoms with Crippen molar-refractivity contribution in [2.75, 3.05) is 0 Å². The van der Waals surface area contributed by atoms with E-state index < -0.39 is 5.97 Å². The van der Waals surface area contributed by atoms with Gasteiger partial charge in [0.05, 0.1) is 17.2 Å². The van der Waals surface area contributed by atoms with Crippen molar-refractivity contribution in [1.29, 1.82) is 5.26 Å². The predicted octanol–water partition coefficient (Wildman–Crippen LogP) is 3.62. The monoisotopic (exact) mass is 253 g/mol. The van der Waals surface area contributed by atoms with Gasteiger partial charge in [0.2, 0.25) is 0 Å². The van der Waals surface area contributed by atoms with Gasteiger partial charge in [-0.1, -0.05) is 12.1 Å². The summed E-state index contributed by atoms with van der Waals surface area (Å²) in [5.41, 5.74) is 0.762. The fourth-order valence-corrected chi connectivity index (χ4v) is 3.07. The van der Waals surface area contributed by atoms with Crippen LogP contribution in [0.3, 0.4) is 0 Å². The van der Waals surface area contributed by atoms with E-state index in [9.17, 15) is 9.90 Å². The average Bonchev–Trinajstić information content (AvgIpc) is 2.86. The lowest BCUT2D eigenvalue weighted by molar-refractivity contribution is 0.0699. The van der Waals surface area contributed by atoms with Crippen molar-refractivity contribution in [3.63, 3.8) is 0 Å². The van der Waals surface area contributed by atoms with Crippen molar-refractivity contribution in [2.45, 2.75) is 0 Å². The summed E-state index contributed by atoms with van der Waals surface area (Å²) in [7, 11) is 0. The fraction of sp³-hybridized carbons (Fsp3) is 0. The number of carbonyl (C=O) groups is 1. The standard InChI is InChI=1S/C14H7NO2S/c15-7-8-2-1-3-9-10-4-5-18-13(10)12(14(16)17)6-11(8)9/h1-6H,(H,16,17). The molecule has 0 unspecified atom stereocenters. The molecule has 18 heavy (non-hydrogen) atoms. The third kappa shape index (κ3) is 1.38. The zero-order chi connectivity index (χ0) is 12.7. The number of thiophene rings is 1. The van der Waals surface area contributed by atoms with Gasteiger partial charge in [-0.15, -0.1) is 11.3 Å². The van der Waals surface area contributed by atoms with Gasteiger partial charge in [-0.2, -0.15) is 5.26 Å². The first-order valence-electron chi connectivity index (χ1n) is 5.28. The molecule has 0 saturated heterocycles. The van der Waals surface area contributed by atoms with Crippen molar-refractivity contribution >= 4 is 38.2 Å². The molecule has 3 aromatic rings. The van der Waals surface area contributed by atoms with Crippen LogP contribution in [0.25, 0.3) is 20.9 Å². The highest BCUT2D eigenvalue weighted by molar-refractivity contribution is 7.17. The van der Waals surface area contributed by atoms with Gasteiger partial charge in [0.25, 0.3) is 0 Å². The van der Waals surface area contributed by atoms with Crippen molar-refractivity contribution in [2.24, 2.45) is 0 Å². The normalized spacial score (nSPS) is 10.6. The van der Waals surface area contributed by atoms with Crippen molar-refractivity contribution < 1.29 is 9.90 Å². The minimum Gasteiger partial charge on any atom is -0.478 e. The minimum atomic E-state index is -0.961. The molecule has 1 aromatic heterocycles. The predicted molar refractivity (Wildman–Crippen MR) is 71.0 cm³/mol. The summed E-state index contributed by atoms with van der Waals surface area (Å²) in [5, 5.41) is 22.7. The molecule has 1 heterocycles. The molecule has 3 nitrogen and oxygen atoms in total. The summed E-state index contributed by atoms with van der Waals surface area (Å²) in [5.74, 6) is -0.961. The van der Waals surface area contributed by atoms with Crippen LogP contribution in [0.5, 0.6) is 0 Å². The first-order valence-corrected chi connectivity index (χ1v) is 6.16. The van der Waals surface area contributed by atoms with E-state index in [1.807, 2.05) is 23.6 Å². The Morgan fingerprint density at radius 3 is 2.78 bits per heavy atom. The van der Waals surface area contributed by atoms with Crippen LogP contribution >= 0.6 is 11.3 Å². The lowest BCUT2D eigenvalue weighted by Crippen LogP contribution is -1.97. The van der Waals surface area contributed by atoms with Gasteiger partial charge in [0.15, 0.2) is 0 Å². The summed E-state index contributed by atoms with van der Waals surface area (Å²) >= 11 is 1.41. The maximum atomic E-state index is 11.3. The third-order valence-electron chi connectivity index (χ3n) is 2.95.